The highest BCUT2D eigenvalue weighted by Gasteiger charge is 2.46. The predicted molar refractivity (Wildman–Crippen MR) is 61.3 cm³/mol. The van der Waals surface area contributed by atoms with Gasteiger partial charge in [-0.15, -0.1) is 0 Å². The molecule has 108 valence electrons. The number of rotatable bonds is 1. The number of esters is 1. The Bertz CT molecular complexity index is 659. The van der Waals surface area contributed by atoms with Crippen LogP contribution in [0.1, 0.15) is 5.76 Å². The van der Waals surface area contributed by atoms with Crippen molar-refractivity contribution in [2.24, 2.45) is 0 Å². The second-order valence-corrected chi connectivity index (χ2v) is 4.68. The zero-order chi connectivity index (χ0) is 15.1. The van der Waals surface area contributed by atoms with Gasteiger partial charge in [-0.3, -0.25) is 0 Å². The second kappa shape index (κ2) is 4.89. The molecule has 0 radical (unpaired) electrons. The van der Waals surface area contributed by atoms with Crippen molar-refractivity contribution < 1.29 is 31.9 Å². The Morgan fingerprint density at radius 3 is 2.60 bits per heavy atom. The van der Waals surface area contributed by atoms with E-state index in [-0.39, 0.29) is 16.4 Å². The minimum atomic E-state index is -4.97. The van der Waals surface area contributed by atoms with Gasteiger partial charge in [0.25, 0.3) is 0 Å². The van der Waals surface area contributed by atoms with Gasteiger partial charge < -0.3 is 13.9 Å². The molecule has 0 atom stereocenters. The van der Waals surface area contributed by atoms with Crippen molar-refractivity contribution in [3.8, 4) is 5.75 Å². The van der Waals surface area contributed by atoms with Gasteiger partial charge in [-0.2, -0.15) is 13.2 Å². The smallest absolute Gasteiger partial charge is 0.427 e. The van der Waals surface area contributed by atoms with Gasteiger partial charge in [0.2, 0.25) is 0 Å². The van der Waals surface area contributed by atoms with Crippen molar-refractivity contribution in [1.82, 2.24) is 0 Å². The summed E-state index contributed by atoms with van der Waals surface area (Å²) in [6.45, 7) is 1.45. The number of fused-ring (bicyclic) bond motifs is 1. The van der Waals surface area contributed by atoms with Crippen LogP contribution < -0.4 is 10.4 Å². The van der Waals surface area contributed by atoms with Crippen molar-refractivity contribution in [3.05, 3.63) is 32.9 Å². The summed E-state index contributed by atoms with van der Waals surface area (Å²) in [4.78, 5) is 22.6. The first-order chi connectivity index (χ1) is 9.24. The van der Waals surface area contributed by atoms with Crippen LogP contribution in [0, 0.1) is 6.92 Å². The molecule has 0 aromatic carbocycles. The average Bonchev–Trinajstić information content (AvgIpc) is 2.70. The Morgan fingerprint density at radius 1 is 1.40 bits per heavy atom. The molecule has 0 spiro atoms. The van der Waals surface area contributed by atoms with E-state index in [0.717, 1.165) is 7.11 Å². The number of thioether (sulfide) groups is 1. The van der Waals surface area contributed by atoms with Gasteiger partial charge in [-0.1, -0.05) is 0 Å². The summed E-state index contributed by atoms with van der Waals surface area (Å²) < 4.78 is 52.4. The number of hydrogen-bond donors (Lipinski definition) is 0. The summed E-state index contributed by atoms with van der Waals surface area (Å²) in [6, 6.07) is 1.27. The molecule has 1 aromatic heterocycles. The summed E-state index contributed by atoms with van der Waals surface area (Å²) in [5.41, 5.74) is -2.43. The van der Waals surface area contributed by atoms with Crippen molar-refractivity contribution in [2.75, 3.05) is 7.11 Å². The van der Waals surface area contributed by atoms with Gasteiger partial charge in [0, 0.05) is 6.07 Å². The van der Waals surface area contributed by atoms with Crippen molar-refractivity contribution in [1.29, 1.82) is 0 Å². The first-order valence-corrected chi connectivity index (χ1v) is 5.96. The number of ether oxygens (including phenoxy) is 2. The molecule has 5 nitrogen and oxygen atoms in total. The van der Waals surface area contributed by atoms with Gasteiger partial charge in [0.05, 0.1) is 7.11 Å². The third-order valence-electron chi connectivity index (χ3n) is 2.27. The molecule has 1 aromatic rings. The molecule has 0 fully saturated rings. The van der Waals surface area contributed by atoms with Crippen molar-refractivity contribution >= 4 is 17.7 Å². The maximum Gasteiger partial charge on any atom is 0.427 e. The number of methoxy groups -OCH3 is 1. The highest BCUT2D eigenvalue weighted by Crippen LogP contribution is 2.45. The Balaban J connectivity index is 2.55. The minimum absolute atomic E-state index is 0.0793. The van der Waals surface area contributed by atoms with Gasteiger partial charge in [0.1, 0.15) is 10.7 Å². The summed E-state index contributed by atoms with van der Waals surface area (Å²) >= 11 is 0.380. The number of alkyl halides is 3. The summed E-state index contributed by atoms with van der Waals surface area (Å²) in [6.07, 6.45) is -4.97. The highest BCUT2D eigenvalue weighted by atomic mass is 32.2. The van der Waals surface area contributed by atoms with E-state index in [0.29, 0.717) is 11.8 Å². The standard InChI is InChI=1S/C11H7F3O5S/c1-4-3-5-7(9(16)18-4)20-10(19-5)6(8(15)17-2)11(12,13)14/h3H,1-2H3/b10-6-. The number of hydrogen-bond acceptors (Lipinski definition) is 6. The fourth-order valence-electron chi connectivity index (χ4n) is 1.47. The third kappa shape index (κ3) is 2.53. The second-order valence-electron chi connectivity index (χ2n) is 3.69. The SMILES string of the molecule is COC(=O)/C(=C1\Oc2cc(C)oc(=O)c2S1)C(F)(F)F. The molecule has 0 saturated heterocycles. The van der Waals surface area contributed by atoms with E-state index in [9.17, 15) is 22.8 Å². The number of carbonyl (C=O) groups is 1. The number of aryl methyl sites for hydroxylation is 1. The number of halogens is 3. The molecule has 0 unspecified atom stereocenters. The Morgan fingerprint density at radius 2 is 2.05 bits per heavy atom. The quantitative estimate of drug-likeness (QED) is 0.586. The van der Waals surface area contributed by atoms with Gasteiger partial charge in [-0.25, -0.2) is 9.59 Å². The molecule has 0 aliphatic carbocycles. The largest absolute Gasteiger partial charge is 0.465 e. The molecule has 0 amide bonds. The minimum Gasteiger partial charge on any atom is -0.465 e. The monoisotopic (exact) mass is 308 g/mol. The van der Waals surface area contributed by atoms with Crippen LogP contribution in [-0.2, 0) is 9.53 Å². The summed E-state index contributed by atoms with van der Waals surface area (Å²) in [7, 11) is 0.819. The summed E-state index contributed by atoms with van der Waals surface area (Å²) in [5.74, 6) is -1.49. The van der Waals surface area contributed by atoms with Gasteiger partial charge >= 0.3 is 17.8 Å². The molecule has 20 heavy (non-hydrogen) atoms. The van der Waals surface area contributed by atoms with Crippen LogP contribution in [0.25, 0.3) is 0 Å². The maximum absolute atomic E-state index is 12.9. The summed E-state index contributed by atoms with van der Waals surface area (Å²) in [5, 5.41) is -0.753. The molecule has 1 aliphatic rings. The van der Waals surface area contributed by atoms with Crippen LogP contribution in [0.3, 0.4) is 0 Å². The maximum atomic E-state index is 12.9. The van der Waals surface area contributed by atoms with Gasteiger partial charge in [-0.05, 0) is 18.7 Å². The number of carbonyl (C=O) groups excluding carboxylic acids is 1. The lowest BCUT2D eigenvalue weighted by atomic mass is 10.3. The van der Waals surface area contributed by atoms with E-state index in [1.807, 2.05) is 0 Å². The van der Waals surface area contributed by atoms with E-state index in [1.165, 1.54) is 13.0 Å². The van der Waals surface area contributed by atoms with E-state index < -0.39 is 28.4 Å². The van der Waals surface area contributed by atoms with E-state index in [4.69, 9.17) is 9.15 Å². The van der Waals surface area contributed by atoms with Crippen LogP contribution >= 0.6 is 11.8 Å². The van der Waals surface area contributed by atoms with Crippen LogP contribution in [0.15, 0.2) is 30.8 Å². The Hall–Kier alpha value is -1.90. The molecule has 2 rings (SSSR count). The van der Waals surface area contributed by atoms with Crippen molar-refractivity contribution in [2.45, 2.75) is 18.0 Å². The lowest BCUT2D eigenvalue weighted by molar-refractivity contribution is -0.148. The molecular weight excluding hydrogens is 301 g/mol. The average molecular weight is 308 g/mol. The lowest BCUT2D eigenvalue weighted by Crippen LogP contribution is -2.23. The van der Waals surface area contributed by atoms with E-state index in [1.54, 1.807) is 0 Å². The fourth-order valence-corrected chi connectivity index (χ4v) is 2.42. The zero-order valence-corrected chi connectivity index (χ0v) is 11.0. The highest BCUT2D eigenvalue weighted by molar-refractivity contribution is 8.03. The molecule has 2 heterocycles. The molecule has 0 N–H and O–H groups in total. The van der Waals surface area contributed by atoms with Gasteiger partial charge in [0.15, 0.2) is 16.4 Å². The molecule has 1 aliphatic heterocycles. The molecule has 0 saturated carbocycles. The van der Waals surface area contributed by atoms with Crippen LogP contribution in [0.4, 0.5) is 13.2 Å². The topological polar surface area (TPSA) is 65.7 Å². The normalized spacial score (nSPS) is 16.4. The predicted octanol–water partition coefficient (Wildman–Crippen LogP) is 2.38. The van der Waals surface area contributed by atoms with E-state index in [2.05, 4.69) is 4.74 Å². The first-order valence-electron chi connectivity index (χ1n) is 5.14. The Kier molecular flexibility index (Phi) is 3.55. The zero-order valence-electron chi connectivity index (χ0n) is 10.2. The van der Waals surface area contributed by atoms with Crippen LogP contribution in [0.2, 0.25) is 0 Å². The molecular formula is C11H7F3O5S. The molecule has 0 bridgehead atoms. The van der Waals surface area contributed by atoms with Crippen LogP contribution in [-0.4, -0.2) is 19.3 Å². The van der Waals surface area contributed by atoms with Crippen LogP contribution in [0.5, 0.6) is 5.75 Å². The molecule has 9 heteroatoms. The first kappa shape index (κ1) is 14.5. The lowest BCUT2D eigenvalue weighted by Gasteiger charge is -2.11. The fraction of sp³-hybridized carbons (Fsp3) is 0.273. The van der Waals surface area contributed by atoms with Crippen molar-refractivity contribution in [3.63, 3.8) is 0 Å². The third-order valence-corrected chi connectivity index (χ3v) is 3.32. The Labute approximate surface area is 114 Å². The van der Waals surface area contributed by atoms with E-state index >= 15 is 0 Å².